The van der Waals surface area contributed by atoms with E-state index >= 15 is 0 Å². The van der Waals surface area contributed by atoms with Gasteiger partial charge in [0.15, 0.2) is 0 Å². The molecule has 0 saturated heterocycles. The minimum Gasteiger partial charge on any atom is -0.351 e. The third kappa shape index (κ3) is 2.82. The first-order chi connectivity index (χ1) is 7.88. The topological polar surface area (TPSA) is 72.2 Å². The van der Waals surface area contributed by atoms with Gasteiger partial charge in [-0.1, -0.05) is 6.92 Å². The van der Waals surface area contributed by atoms with Gasteiger partial charge in [0.05, 0.1) is 4.92 Å². The second-order valence-electron chi connectivity index (χ2n) is 3.88. The van der Waals surface area contributed by atoms with Crippen LogP contribution in [-0.2, 0) is 0 Å². The molecule has 0 aromatic carbocycles. The van der Waals surface area contributed by atoms with Crippen molar-refractivity contribution >= 4 is 23.1 Å². The molecule has 1 aromatic heterocycles. The Hall–Kier alpha value is -1.43. The van der Waals surface area contributed by atoms with Gasteiger partial charge < -0.3 is 4.90 Å². The number of nitrogens with zero attached hydrogens (tertiary/aromatic N) is 4. The van der Waals surface area contributed by atoms with Crippen molar-refractivity contribution in [1.29, 1.82) is 0 Å². The van der Waals surface area contributed by atoms with Crippen molar-refractivity contribution in [1.82, 2.24) is 9.97 Å². The number of aryl methyl sites for hydroxylation is 1. The molecule has 1 atom stereocenters. The highest BCUT2D eigenvalue weighted by atomic mass is 35.5. The van der Waals surface area contributed by atoms with Crippen LogP contribution in [0.5, 0.6) is 0 Å². The van der Waals surface area contributed by atoms with Crippen LogP contribution in [0.1, 0.15) is 26.0 Å². The molecular formula is C10H15ClN4O2. The minimum absolute atomic E-state index is 0.0262. The van der Waals surface area contributed by atoms with Crippen molar-refractivity contribution in [2.45, 2.75) is 33.2 Å². The number of anilines is 1. The fraction of sp³-hybridized carbons (Fsp3) is 0.600. The van der Waals surface area contributed by atoms with E-state index in [9.17, 15) is 10.1 Å². The highest BCUT2D eigenvalue weighted by Gasteiger charge is 2.26. The summed E-state index contributed by atoms with van der Waals surface area (Å²) in [6.07, 6.45) is 0.855. The molecule has 0 radical (unpaired) electrons. The maximum absolute atomic E-state index is 11.0. The molecular weight excluding hydrogens is 244 g/mol. The van der Waals surface area contributed by atoms with E-state index in [2.05, 4.69) is 9.97 Å². The van der Waals surface area contributed by atoms with Crippen molar-refractivity contribution in [3.8, 4) is 0 Å². The van der Waals surface area contributed by atoms with Crippen LogP contribution < -0.4 is 4.90 Å². The largest absolute Gasteiger partial charge is 0.351 e. The predicted octanol–water partition coefficient (Wildman–Crippen LogP) is 2.58. The molecule has 1 rings (SSSR count). The van der Waals surface area contributed by atoms with E-state index in [-0.39, 0.29) is 28.5 Å². The summed E-state index contributed by atoms with van der Waals surface area (Å²) < 4.78 is 0. The lowest BCUT2D eigenvalue weighted by Crippen LogP contribution is -2.30. The van der Waals surface area contributed by atoms with E-state index in [1.807, 2.05) is 13.8 Å². The first-order valence-corrected chi connectivity index (χ1v) is 5.67. The van der Waals surface area contributed by atoms with Crippen LogP contribution in [0.25, 0.3) is 0 Å². The van der Waals surface area contributed by atoms with E-state index in [0.717, 1.165) is 6.42 Å². The zero-order valence-corrected chi connectivity index (χ0v) is 11.0. The van der Waals surface area contributed by atoms with Gasteiger partial charge in [0.1, 0.15) is 5.69 Å². The first-order valence-electron chi connectivity index (χ1n) is 5.29. The third-order valence-electron chi connectivity index (χ3n) is 2.78. The monoisotopic (exact) mass is 258 g/mol. The molecule has 1 aromatic rings. The fourth-order valence-electron chi connectivity index (χ4n) is 1.46. The number of nitro groups is 1. The number of hydrogen-bond acceptors (Lipinski definition) is 5. The molecule has 0 spiro atoms. The van der Waals surface area contributed by atoms with Gasteiger partial charge in [-0.05, 0) is 31.9 Å². The summed E-state index contributed by atoms with van der Waals surface area (Å²) in [6.45, 7) is 5.53. The number of hydrogen-bond donors (Lipinski definition) is 0. The van der Waals surface area contributed by atoms with Crippen molar-refractivity contribution in [2.75, 3.05) is 11.9 Å². The number of aromatic nitrogens is 2. The Morgan fingerprint density at radius 1 is 1.53 bits per heavy atom. The van der Waals surface area contributed by atoms with Gasteiger partial charge in [-0.25, -0.2) is 4.98 Å². The maximum Gasteiger partial charge on any atom is 0.332 e. The number of rotatable bonds is 4. The summed E-state index contributed by atoms with van der Waals surface area (Å²) in [7, 11) is 1.76. The van der Waals surface area contributed by atoms with Crippen LogP contribution in [0.15, 0.2) is 0 Å². The van der Waals surface area contributed by atoms with E-state index in [4.69, 9.17) is 11.6 Å². The van der Waals surface area contributed by atoms with Crippen LogP contribution >= 0.6 is 11.6 Å². The lowest BCUT2D eigenvalue weighted by molar-refractivity contribution is -0.385. The third-order valence-corrected chi connectivity index (χ3v) is 2.95. The van der Waals surface area contributed by atoms with Gasteiger partial charge in [-0.15, -0.1) is 0 Å². The van der Waals surface area contributed by atoms with Gasteiger partial charge in [0.2, 0.25) is 11.1 Å². The molecule has 0 aliphatic rings. The Morgan fingerprint density at radius 3 is 2.59 bits per heavy atom. The molecule has 94 valence electrons. The molecule has 0 N–H and O–H groups in total. The molecule has 0 aliphatic heterocycles. The van der Waals surface area contributed by atoms with E-state index < -0.39 is 4.92 Å². The van der Waals surface area contributed by atoms with Crippen LogP contribution in [-0.4, -0.2) is 28.0 Å². The molecule has 17 heavy (non-hydrogen) atoms. The normalized spacial score (nSPS) is 12.3. The van der Waals surface area contributed by atoms with Gasteiger partial charge in [0.25, 0.3) is 0 Å². The van der Waals surface area contributed by atoms with Crippen molar-refractivity contribution in [3.05, 3.63) is 21.1 Å². The zero-order chi connectivity index (χ0) is 13.2. The molecule has 1 unspecified atom stereocenters. The molecule has 0 saturated carbocycles. The Bertz CT molecular complexity index is 439. The summed E-state index contributed by atoms with van der Waals surface area (Å²) in [5.41, 5.74) is 0.192. The first kappa shape index (κ1) is 13.6. The van der Waals surface area contributed by atoms with Crippen LogP contribution in [0, 0.1) is 17.0 Å². The summed E-state index contributed by atoms with van der Waals surface area (Å²) in [5.74, 6) is 0.266. The van der Waals surface area contributed by atoms with Crippen LogP contribution in [0.4, 0.5) is 11.5 Å². The van der Waals surface area contributed by atoms with E-state index in [1.165, 1.54) is 0 Å². The summed E-state index contributed by atoms with van der Waals surface area (Å²) in [4.78, 5) is 20.1. The van der Waals surface area contributed by atoms with E-state index in [1.54, 1.807) is 18.9 Å². The minimum atomic E-state index is -0.472. The van der Waals surface area contributed by atoms with Crippen molar-refractivity contribution in [3.63, 3.8) is 0 Å². The summed E-state index contributed by atoms with van der Waals surface area (Å²) in [6, 6.07) is 0.138. The number of halogens is 1. The molecule has 0 fully saturated rings. The quantitative estimate of drug-likeness (QED) is 0.471. The summed E-state index contributed by atoms with van der Waals surface area (Å²) in [5, 5.41) is 11.1. The SMILES string of the molecule is CCC(C)N(C)c1nc(Cl)nc(C)c1[N+](=O)[O-]. The van der Waals surface area contributed by atoms with Crippen LogP contribution in [0.3, 0.4) is 0 Å². The fourth-order valence-corrected chi connectivity index (χ4v) is 1.67. The van der Waals surface area contributed by atoms with Crippen LogP contribution in [0.2, 0.25) is 5.28 Å². The predicted molar refractivity (Wildman–Crippen MR) is 66.6 cm³/mol. The zero-order valence-electron chi connectivity index (χ0n) is 10.3. The Labute approximate surface area is 105 Å². The smallest absolute Gasteiger partial charge is 0.332 e. The molecule has 0 bridgehead atoms. The molecule has 6 nitrogen and oxygen atoms in total. The lowest BCUT2D eigenvalue weighted by Gasteiger charge is -2.24. The Kier molecular flexibility index (Phi) is 4.22. The Balaban J connectivity index is 3.35. The van der Waals surface area contributed by atoms with Gasteiger partial charge in [-0.3, -0.25) is 10.1 Å². The average molecular weight is 259 g/mol. The summed E-state index contributed by atoms with van der Waals surface area (Å²) >= 11 is 5.75. The van der Waals surface area contributed by atoms with E-state index in [0.29, 0.717) is 0 Å². The van der Waals surface area contributed by atoms with Gasteiger partial charge in [-0.2, -0.15) is 4.98 Å². The molecule has 0 amide bonds. The molecule has 0 aliphatic carbocycles. The Morgan fingerprint density at radius 2 is 2.12 bits per heavy atom. The molecule has 7 heteroatoms. The van der Waals surface area contributed by atoms with Gasteiger partial charge in [0, 0.05) is 13.1 Å². The van der Waals surface area contributed by atoms with Gasteiger partial charge >= 0.3 is 5.69 Å². The second-order valence-corrected chi connectivity index (χ2v) is 4.21. The standard InChI is InChI=1S/C10H15ClN4O2/c1-5-6(2)14(4)9-8(15(16)17)7(3)12-10(11)13-9/h6H,5H2,1-4H3. The highest BCUT2D eigenvalue weighted by Crippen LogP contribution is 2.30. The second kappa shape index (κ2) is 5.27. The van der Waals surface area contributed by atoms with Crippen molar-refractivity contribution < 1.29 is 4.92 Å². The average Bonchev–Trinajstić information content (AvgIpc) is 2.25. The highest BCUT2D eigenvalue weighted by molar-refractivity contribution is 6.28. The lowest BCUT2D eigenvalue weighted by atomic mass is 10.2. The van der Waals surface area contributed by atoms with Crippen molar-refractivity contribution in [2.24, 2.45) is 0 Å². The molecule has 1 heterocycles. The maximum atomic E-state index is 11.0.